The summed E-state index contributed by atoms with van der Waals surface area (Å²) in [4.78, 5) is 2.97. The molecule has 0 aliphatic carbocycles. The summed E-state index contributed by atoms with van der Waals surface area (Å²) in [7, 11) is 0. The van der Waals surface area contributed by atoms with Crippen molar-refractivity contribution in [3.05, 3.63) is 0 Å². The highest BCUT2D eigenvalue weighted by molar-refractivity contribution is 7.80. The quantitative estimate of drug-likeness (QED) is 0.715. The van der Waals surface area contributed by atoms with Crippen molar-refractivity contribution < 1.29 is 4.74 Å². The fourth-order valence-corrected chi connectivity index (χ4v) is 1.82. The van der Waals surface area contributed by atoms with E-state index >= 15 is 0 Å². The summed E-state index contributed by atoms with van der Waals surface area (Å²) in [5, 5.41) is 0. The Morgan fingerprint density at radius 1 is 1.64 bits per heavy atom. The average Bonchev–Trinajstić information content (AvgIpc) is 2.01. The third-order valence-corrected chi connectivity index (χ3v) is 2.92. The highest BCUT2D eigenvalue weighted by atomic mass is 32.1. The lowest BCUT2D eigenvalue weighted by molar-refractivity contribution is -0.0870. The molecular formula is C10H20N2OS. The van der Waals surface area contributed by atoms with Crippen LogP contribution in [0.15, 0.2) is 0 Å². The monoisotopic (exact) mass is 216 g/mol. The molecule has 1 fully saturated rings. The summed E-state index contributed by atoms with van der Waals surface area (Å²) in [5.41, 5.74) is 5.56. The minimum Gasteiger partial charge on any atom is -0.393 e. The summed E-state index contributed by atoms with van der Waals surface area (Å²) in [5.74, 6) is 0.291. The van der Waals surface area contributed by atoms with E-state index in [4.69, 9.17) is 22.7 Å². The molecule has 1 rings (SSSR count). The Morgan fingerprint density at radius 3 is 2.79 bits per heavy atom. The summed E-state index contributed by atoms with van der Waals surface area (Å²) < 4.78 is 5.63. The Balaban J connectivity index is 2.42. The molecule has 14 heavy (non-hydrogen) atoms. The number of ether oxygens (including phenoxy) is 1. The molecule has 0 amide bonds. The summed E-state index contributed by atoms with van der Waals surface area (Å²) in [6.45, 7) is 10.00. The zero-order chi connectivity index (χ0) is 10.8. The third kappa shape index (κ3) is 3.52. The van der Waals surface area contributed by atoms with Gasteiger partial charge in [-0.05, 0) is 13.8 Å². The van der Waals surface area contributed by atoms with Gasteiger partial charge in [0.05, 0.1) is 17.2 Å². The van der Waals surface area contributed by atoms with E-state index in [-0.39, 0.29) is 5.60 Å². The minimum atomic E-state index is -0.0335. The molecule has 0 spiro atoms. The standard InChI is InChI=1S/C10H20N2OS/c1-8(9(11)14)6-12-4-5-13-10(2,3)7-12/h8H,4-7H2,1-3H3,(H2,11,14). The van der Waals surface area contributed by atoms with Crippen LogP contribution in [0.2, 0.25) is 0 Å². The first-order valence-electron chi connectivity index (χ1n) is 5.06. The molecule has 1 unspecified atom stereocenters. The molecule has 3 nitrogen and oxygen atoms in total. The van der Waals surface area contributed by atoms with Crippen LogP contribution in [0.5, 0.6) is 0 Å². The van der Waals surface area contributed by atoms with E-state index in [0.717, 1.165) is 26.2 Å². The first-order valence-corrected chi connectivity index (χ1v) is 5.47. The number of morpholine rings is 1. The Bertz CT molecular complexity index is 218. The molecule has 0 saturated carbocycles. The van der Waals surface area contributed by atoms with Crippen molar-refractivity contribution >= 4 is 17.2 Å². The molecule has 1 aliphatic heterocycles. The van der Waals surface area contributed by atoms with Crippen LogP contribution in [0.3, 0.4) is 0 Å². The molecule has 0 bridgehead atoms. The normalized spacial score (nSPS) is 24.5. The van der Waals surface area contributed by atoms with E-state index in [9.17, 15) is 0 Å². The lowest BCUT2D eigenvalue weighted by Gasteiger charge is -2.39. The molecule has 1 heterocycles. The molecule has 0 radical (unpaired) electrons. The maximum absolute atomic E-state index is 5.63. The molecule has 82 valence electrons. The number of nitrogens with zero attached hydrogens (tertiary/aromatic N) is 1. The van der Waals surface area contributed by atoms with Crippen molar-refractivity contribution in [3.8, 4) is 0 Å². The van der Waals surface area contributed by atoms with Crippen LogP contribution in [0, 0.1) is 5.92 Å². The Morgan fingerprint density at radius 2 is 2.29 bits per heavy atom. The van der Waals surface area contributed by atoms with Crippen molar-refractivity contribution in [2.75, 3.05) is 26.2 Å². The van der Waals surface area contributed by atoms with Gasteiger partial charge in [-0.15, -0.1) is 0 Å². The van der Waals surface area contributed by atoms with Gasteiger partial charge in [-0.1, -0.05) is 19.1 Å². The fourth-order valence-electron chi connectivity index (χ4n) is 1.75. The molecule has 1 saturated heterocycles. The Hall–Kier alpha value is -0.190. The van der Waals surface area contributed by atoms with Crippen LogP contribution < -0.4 is 5.73 Å². The smallest absolute Gasteiger partial charge is 0.0768 e. The predicted octanol–water partition coefficient (Wildman–Crippen LogP) is 1.02. The Labute approximate surface area is 91.6 Å². The van der Waals surface area contributed by atoms with Crippen LogP contribution in [0.1, 0.15) is 20.8 Å². The molecule has 0 aromatic carbocycles. The molecular weight excluding hydrogens is 196 g/mol. The Kier molecular flexibility index (Phi) is 3.86. The summed E-state index contributed by atoms with van der Waals surface area (Å²) in [6.07, 6.45) is 0. The SMILES string of the molecule is CC(CN1CCOC(C)(C)C1)C(N)=S. The van der Waals surface area contributed by atoms with Gasteiger partial charge in [0.15, 0.2) is 0 Å². The van der Waals surface area contributed by atoms with Gasteiger partial charge in [0.2, 0.25) is 0 Å². The van der Waals surface area contributed by atoms with Gasteiger partial charge in [-0.3, -0.25) is 4.90 Å². The minimum absolute atomic E-state index is 0.0335. The summed E-state index contributed by atoms with van der Waals surface area (Å²) >= 11 is 4.96. The number of hydrogen-bond acceptors (Lipinski definition) is 3. The molecule has 1 atom stereocenters. The van der Waals surface area contributed by atoms with Crippen LogP contribution in [0.4, 0.5) is 0 Å². The molecule has 0 aromatic heterocycles. The zero-order valence-electron chi connectivity index (χ0n) is 9.25. The third-order valence-electron chi connectivity index (χ3n) is 2.52. The van der Waals surface area contributed by atoms with E-state index in [0.29, 0.717) is 10.9 Å². The van der Waals surface area contributed by atoms with Crippen molar-refractivity contribution in [2.45, 2.75) is 26.4 Å². The molecule has 4 heteroatoms. The van der Waals surface area contributed by atoms with Crippen LogP contribution in [0.25, 0.3) is 0 Å². The second-order valence-corrected chi connectivity index (χ2v) is 5.12. The number of rotatable bonds is 3. The number of thiocarbonyl (C=S) groups is 1. The fraction of sp³-hybridized carbons (Fsp3) is 0.900. The van der Waals surface area contributed by atoms with E-state index < -0.39 is 0 Å². The van der Waals surface area contributed by atoms with Gasteiger partial charge in [0, 0.05) is 25.6 Å². The van der Waals surface area contributed by atoms with E-state index in [1.165, 1.54) is 0 Å². The van der Waals surface area contributed by atoms with Gasteiger partial charge in [-0.25, -0.2) is 0 Å². The van der Waals surface area contributed by atoms with Gasteiger partial charge in [-0.2, -0.15) is 0 Å². The first kappa shape index (κ1) is 11.9. The van der Waals surface area contributed by atoms with Crippen LogP contribution >= 0.6 is 12.2 Å². The second-order valence-electron chi connectivity index (χ2n) is 4.65. The van der Waals surface area contributed by atoms with Gasteiger partial charge < -0.3 is 10.5 Å². The zero-order valence-corrected chi connectivity index (χ0v) is 10.1. The van der Waals surface area contributed by atoms with E-state index in [1.54, 1.807) is 0 Å². The lowest BCUT2D eigenvalue weighted by Crippen LogP contribution is -2.50. The lowest BCUT2D eigenvalue weighted by atomic mass is 10.1. The van der Waals surface area contributed by atoms with Crippen LogP contribution in [-0.2, 0) is 4.74 Å². The average molecular weight is 216 g/mol. The van der Waals surface area contributed by atoms with Gasteiger partial charge in [0.1, 0.15) is 0 Å². The maximum atomic E-state index is 5.63. The molecule has 2 N–H and O–H groups in total. The van der Waals surface area contributed by atoms with Crippen molar-refractivity contribution in [1.82, 2.24) is 4.90 Å². The maximum Gasteiger partial charge on any atom is 0.0768 e. The van der Waals surface area contributed by atoms with Crippen LogP contribution in [-0.4, -0.2) is 41.7 Å². The van der Waals surface area contributed by atoms with Crippen molar-refractivity contribution in [2.24, 2.45) is 11.7 Å². The van der Waals surface area contributed by atoms with Crippen molar-refractivity contribution in [3.63, 3.8) is 0 Å². The van der Waals surface area contributed by atoms with E-state index in [2.05, 4.69) is 25.7 Å². The predicted molar refractivity (Wildman–Crippen MR) is 62.4 cm³/mol. The largest absolute Gasteiger partial charge is 0.393 e. The highest BCUT2D eigenvalue weighted by Crippen LogP contribution is 2.17. The number of hydrogen-bond donors (Lipinski definition) is 1. The summed E-state index contributed by atoms with van der Waals surface area (Å²) in [6, 6.07) is 0. The second kappa shape index (κ2) is 4.55. The first-order chi connectivity index (χ1) is 6.41. The number of nitrogens with two attached hydrogens (primary N) is 1. The highest BCUT2D eigenvalue weighted by Gasteiger charge is 2.27. The van der Waals surface area contributed by atoms with Gasteiger partial charge in [0.25, 0.3) is 0 Å². The molecule has 0 aromatic rings. The van der Waals surface area contributed by atoms with Gasteiger partial charge >= 0.3 is 0 Å². The van der Waals surface area contributed by atoms with Crippen molar-refractivity contribution in [1.29, 1.82) is 0 Å². The van der Waals surface area contributed by atoms with E-state index in [1.807, 2.05) is 0 Å². The molecule has 1 aliphatic rings. The topological polar surface area (TPSA) is 38.5 Å².